The Morgan fingerprint density at radius 1 is 1.38 bits per heavy atom. The first kappa shape index (κ1) is 17.2. The van der Waals surface area contributed by atoms with Gasteiger partial charge in [-0.15, -0.1) is 0 Å². The molecule has 114 valence electrons. The van der Waals surface area contributed by atoms with E-state index in [1.807, 2.05) is 33.8 Å². The molecule has 0 fully saturated rings. The lowest BCUT2D eigenvalue weighted by atomic mass is 10.1. The Labute approximate surface area is 128 Å². The fourth-order valence-electron chi connectivity index (χ4n) is 1.56. The van der Waals surface area contributed by atoms with Crippen LogP contribution in [-0.2, 0) is 10.8 Å². The van der Waals surface area contributed by atoms with Gasteiger partial charge in [0.1, 0.15) is 0 Å². The number of hydrogen-bond acceptors (Lipinski definition) is 3. The molecule has 21 heavy (non-hydrogen) atoms. The van der Waals surface area contributed by atoms with Crippen LogP contribution >= 0.6 is 0 Å². The maximum atomic E-state index is 11.8. The zero-order chi connectivity index (χ0) is 16.0. The molecule has 0 bridgehead atoms. The third-order valence-corrected chi connectivity index (χ3v) is 4.81. The highest BCUT2D eigenvalue weighted by molar-refractivity contribution is 7.86. The maximum Gasteiger partial charge on any atom is 0.319 e. The molecule has 6 heteroatoms. The summed E-state index contributed by atoms with van der Waals surface area (Å²) in [7, 11) is -0.995. The summed E-state index contributed by atoms with van der Waals surface area (Å²) in [5.41, 5.74) is 1.97. The summed E-state index contributed by atoms with van der Waals surface area (Å²) in [6.45, 7) is 7.90. The number of nitriles is 1. The zero-order valence-corrected chi connectivity index (χ0v) is 13.6. The van der Waals surface area contributed by atoms with E-state index in [1.165, 1.54) is 0 Å². The molecule has 0 radical (unpaired) electrons. The van der Waals surface area contributed by atoms with Crippen molar-refractivity contribution in [2.24, 2.45) is 0 Å². The monoisotopic (exact) mass is 307 g/mol. The number of anilines is 1. The van der Waals surface area contributed by atoms with Crippen molar-refractivity contribution in [3.63, 3.8) is 0 Å². The fraction of sp³-hybridized carbons (Fsp3) is 0.467. The first-order valence-electron chi connectivity index (χ1n) is 6.68. The first-order valence-corrected chi connectivity index (χ1v) is 8.00. The lowest BCUT2D eigenvalue weighted by Gasteiger charge is -2.17. The molecular formula is C15H21N3O2S. The van der Waals surface area contributed by atoms with E-state index in [9.17, 15) is 9.00 Å². The van der Waals surface area contributed by atoms with Crippen LogP contribution in [0.4, 0.5) is 10.5 Å². The van der Waals surface area contributed by atoms with Gasteiger partial charge < -0.3 is 10.6 Å². The molecule has 0 saturated heterocycles. The summed E-state index contributed by atoms with van der Waals surface area (Å²) in [5.74, 6) is 0.411. The van der Waals surface area contributed by atoms with Crippen molar-refractivity contribution in [3.8, 4) is 6.07 Å². The molecule has 1 unspecified atom stereocenters. The molecule has 0 spiro atoms. The van der Waals surface area contributed by atoms with Crippen LogP contribution in [0.15, 0.2) is 18.2 Å². The highest BCUT2D eigenvalue weighted by Gasteiger charge is 2.18. The summed E-state index contributed by atoms with van der Waals surface area (Å²) in [6, 6.07) is 6.78. The van der Waals surface area contributed by atoms with E-state index in [2.05, 4.69) is 10.6 Å². The Morgan fingerprint density at radius 2 is 2.05 bits per heavy atom. The largest absolute Gasteiger partial charge is 0.337 e. The molecule has 0 aliphatic heterocycles. The van der Waals surface area contributed by atoms with Crippen LogP contribution in [0.1, 0.15) is 31.9 Å². The summed E-state index contributed by atoms with van der Waals surface area (Å²) in [5, 5.41) is 14.2. The second-order valence-corrected chi connectivity index (χ2v) is 8.01. The predicted octanol–water partition coefficient (Wildman–Crippen LogP) is 2.54. The molecule has 0 aliphatic carbocycles. The molecule has 2 N–H and O–H groups in total. The van der Waals surface area contributed by atoms with Crippen LogP contribution in [0.2, 0.25) is 0 Å². The Morgan fingerprint density at radius 3 is 2.62 bits per heavy atom. The van der Waals surface area contributed by atoms with Gasteiger partial charge in [0.05, 0.1) is 11.6 Å². The van der Waals surface area contributed by atoms with E-state index < -0.39 is 10.8 Å². The average molecular weight is 307 g/mol. The summed E-state index contributed by atoms with van der Waals surface area (Å²) in [6.07, 6.45) is 0. The number of rotatable bonds is 4. The van der Waals surface area contributed by atoms with Gasteiger partial charge in [-0.3, -0.25) is 4.21 Å². The van der Waals surface area contributed by atoms with Crippen molar-refractivity contribution < 1.29 is 9.00 Å². The highest BCUT2D eigenvalue weighted by atomic mass is 32.2. The fourth-order valence-corrected chi connectivity index (χ4v) is 2.46. The van der Waals surface area contributed by atoms with Gasteiger partial charge in [0.25, 0.3) is 0 Å². The molecule has 0 aromatic heterocycles. The Hall–Kier alpha value is -1.87. The normalized spacial score (nSPS) is 12.3. The van der Waals surface area contributed by atoms with Crippen molar-refractivity contribution in [1.29, 1.82) is 5.26 Å². The topological polar surface area (TPSA) is 82.0 Å². The molecular weight excluding hydrogens is 286 g/mol. The summed E-state index contributed by atoms with van der Waals surface area (Å²) < 4.78 is 11.6. The van der Waals surface area contributed by atoms with Crippen molar-refractivity contribution in [2.45, 2.75) is 32.4 Å². The molecule has 1 rings (SSSR count). The van der Waals surface area contributed by atoms with Crippen molar-refractivity contribution in [1.82, 2.24) is 5.32 Å². The minimum Gasteiger partial charge on any atom is -0.337 e. The van der Waals surface area contributed by atoms with Gasteiger partial charge in [-0.2, -0.15) is 5.26 Å². The van der Waals surface area contributed by atoms with E-state index in [0.717, 1.165) is 5.56 Å². The van der Waals surface area contributed by atoms with E-state index in [0.29, 0.717) is 23.5 Å². The molecule has 1 aromatic carbocycles. The summed E-state index contributed by atoms with van der Waals surface area (Å²) >= 11 is 0. The third-order valence-electron chi connectivity index (χ3n) is 2.87. The number of amides is 2. The first-order chi connectivity index (χ1) is 9.74. The van der Waals surface area contributed by atoms with Gasteiger partial charge in [0.15, 0.2) is 0 Å². The van der Waals surface area contributed by atoms with Crippen LogP contribution in [0, 0.1) is 18.3 Å². The van der Waals surface area contributed by atoms with Crippen molar-refractivity contribution >= 4 is 22.5 Å². The molecule has 0 heterocycles. The van der Waals surface area contributed by atoms with Crippen LogP contribution in [0.5, 0.6) is 0 Å². The van der Waals surface area contributed by atoms with Crippen LogP contribution in [0.25, 0.3) is 0 Å². The van der Waals surface area contributed by atoms with Gasteiger partial charge in [0.2, 0.25) is 0 Å². The molecule has 0 aliphatic rings. The molecule has 2 amide bonds. The quantitative estimate of drug-likeness (QED) is 0.896. The zero-order valence-electron chi connectivity index (χ0n) is 12.8. The number of benzene rings is 1. The van der Waals surface area contributed by atoms with Gasteiger partial charge >= 0.3 is 6.03 Å². The number of nitrogens with one attached hydrogen (secondary N) is 2. The minimum absolute atomic E-state index is 0.282. The number of carbonyl (C=O) groups is 1. The Bertz CT molecular complexity index is 586. The number of nitrogens with zero attached hydrogens (tertiary/aromatic N) is 1. The minimum atomic E-state index is -0.995. The Balaban J connectivity index is 2.52. The van der Waals surface area contributed by atoms with Gasteiger partial charge in [-0.05, 0) is 45.4 Å². The molecule has 1 aromatic rings. The lowest BCUT2D eigenvalue weighted by Crippen LogP contribution is -2.35. The van der Waals surface area contributed by atoms with Gasteiger partial charge in [0, 0.05) is 33.5 Å². The molecule has 1 atom stereocenters. The SMILES string of the molecule is Cc1ccc(C#N)cc1NC(=O)NCCS(=O)C(C)(C)C. The Kier molecular flexibility index (Phi) is 5.91. The predicted molar refractivity (Wildman–Crippen MR) is 85.7 cm³/mol. The van der Waals surface area contributed by atoms with E-state index in [-0.39, 0.29) is 10.8 Å². The third kappa shape index (κ3) is 5.56. The standard InChI is InChI=1S/C15H21N3O2S/c1-11-5-6-12(10-16)9-13(11)18-14(19)17-7-8-21(20)15(2,3)4/h5-6,9H,7-8H2,1-4H3,(H2,17,18,19). The lowest BCUT2D eigenvalue weighted by molar-refractivity contribution is 0.252. The molecule has 0 saturated carbocycles. The van der Waals surface area contributed by atoms with Crippen LogP contribution in [0.3, 0.4) is 0 Å². The smallest absolute Gasteiger partial charge is 0.319 e. The van der Waals surface area contributed by atoms with E-state index in [4.69, 9.17) is 5.26 Å². The maximum absolute atomic E-state index is 11.8. The van der Waals surface area contributed by atoms with Crippen molar-refractivity contribution in [3.05, 3.63) is 29.3 Å². The van der Waals surface area contributed by atoms with Crippen molar-refractivity contribution in [2.75, 3.05) is 17.6 Å². The number of carbonyl (C=O) groups excluding carboxylic acids is 1. The number of aryl methyl sites for hydroxylation is 1. The second kappa shape index (κ2) is 7.23. The van der Waals surface area contributed by atoms with E-state index >= 15 is 0 Å². The van der Waals surface area contributed by atoms with E-state index in [1.54, 1.807) is 18.2 Å². The summed E-state index contributed by atoms with van der Waals surface area (Å²) in [4.78, 5) is 11.8. The highest BCUT2D eigenvalue weighted by Crippen LogP contribution is 2.16. The van der Waals surface area contributed by atoms with Crippen LogP contribution < -0.4 is 10.6 Å². The number of urea groups is 1. The molecule has 5 nitrogen and oxygen atoms in total. The average Bonchev–Trinajstić information content (AvgIpc) is 2.40. The second-order valence-electron chi connectivity index (χ2n) is 5.68. The van der Waals surface area contributed by atoms with Gasteiger partial charge in [-0.1, -0.05) is 6.07 Å². The van der Waals surface area contributed by atoms with Gasteiger partial charge in [-0.25, -0.2) is 4.79 Å². The number of hydrogen-bond donors (Lipinski definition) is 2. The van der Waals surface area contributed by atoms with Crippen LogP contribution in [-0.4, -0.2) is 27.3 Å².